The number of nitrogens with one attached hydrogen (secondary N) is 1. The molecule has 0 bridgehead atoms. The molecule has 1 fully saturated rings. The molecule has 1 heterocycles. The molecule has 1 saturated heterocycles. The quantitative estimate of drug-likeness (QED) is 0.891. The van der Waals surface area contributed by atoms with Gasteiger partial charge in [0.1, 0.15) is 0 Å². The van der Waals surface area contributed by atoms with Crippen molar-refractivity contribution in [3.8, 4) is 0 Å². The maximum Gasteiger partial charge on any atom is 0.317 e. The third kappa shape index (κ3) is 4.26. The lowest BCUT2D eigenvalue weighted by Crippen LogP contribution is -2.52. The number of benzene rings is 2. The highest BCUT2D eigenvalue weighted by atomic mass is 35.5. The van der Waals surface area contributed by atoms with Crippen LogP contribution in [0.3, 0.4) is 0 Å². The maximum atomic E-state index is 12.5. The van der Waals surface area contributed by atoms with Gasteiger partial charge in [-0.25, -0.2) is 4.79 Å². The minimum Gasteiger partial charge on any atom is -0.368 e. The zero-order chi connectivity index (χ0) is 17.8. The number of aryl methyl sites for hydroxylation is 1. The van der Waals surface area contributed by atoms with Crippen molar-refractivity contribution in [2.45, 2.75) is 19.9 Å². The lowest BCUT2D eigenvalue weighted by molar-refractivity contribution is 0.191. The summed E-state index contributed by atoms with van der Waals surface area (Å²) < 4.78 is 0. The summed E-state index contributed by atoms with van der Waals surface area (Å²) in [6.45, 7) is 7.05. The van der Waals surface area contributed by atoms with Gasteiger partial charge in [0.15, 0.2) is 0 Å². The lowest BCUT2D eigenvalue weighted by atomic mass is 10.1. The Morgan fingerprint density at radius 1 is 1.08 bits per heavy atom. The Kier molecular flexibility index (Phi) is 5.49. The first kappa shape index (κ1) is 17.6. The summed E-state index contributed by atoms with van der Waals surface area (Å²) >= 11 is 6.23. The highest BCUT2D eigenvalue weighted by Crippen LogP contribution is 2.24. The first-order chi connectivity index (χ1) is 12.0. The van der Waals surface area contributed by atoms with E-state index in [9.17, 15) is 4.79 Å². The largest absolute Gasteiger partial charge is 0.368 e. The van der Waals surface area contributed by atoms with Crippen molar-refractivity contribution < 1.29 is 4.79 Å². The molecule has 1 N–H and O–H groups in total. The predicted octanol–water partition coefficient (Wildman–Crippen LogP) is 4.24. The van der Waals surface area contributed by atoms with Gasteiger partial charge in [0, 0.05) is 36.9 Å². The second-order valence-electron chi connectivity index (χ2n) is 6.49. The SMILES string of the molecule is Cc1ccc(N2CCN(C(=O)NC(C)c3ccccc3)CC2)cc1Cl. The molecular formula is C20H24ClN3O. The van der Waals surface area contributed by atoms with Crippen LogP contribution < -0.4 is 10.2 Å². The number of piperazine rings is 1. The second kappa shape index (κ2) is 7.79. The lowest BCUT2D eigenvalue weighted by Gasteiger charge is -2.36. The van der Waals surface area contributed by atoms with Crippen molar-refractivity contribution in [3.63, 3.8) is 0 Å². The highest BCUT2D eigenvalue weighted by molar-refractivity contribution is 6.31. The number of hydrogen-bond acceptors (Lipinski definition) is 2. The summed E-state index contributed by atoms with van der Waals surface area (Å²) in [5, 5.41) is 3.87. The van der Waals surface area contributed by atoms with Gasteiger partial charge in [-0.2, -0.15) is 0 Å². The van der Waals surface area contributed by atoms with E-state index in [0.717, 1.165) is 34.9 Å². The zero-order valence-electron chi connectivity index (χ0n) is 14.7. The molecule has 1 atom stereocenters. The van der Waals surface area contributed by atoms with Crippen LogP contribution in [0, 0.1) is 6.92 Å². The van der Waals surface area contributed by atoms with Crippen LogP contribution in [0.25, 0.3) is 0 Å². The third-order valence-electron chi connectivity index (χ3n) is 4.73. The monoisotopic (exact) mass is 357 g/mol. The van der Waals surface area contributed by atoms with Crippen LogP contribution in [-0.4, -0.2) is 37.1 Å². The average Bonchev–Trinajstić information content (AvgIpc) is 2.65. The molecular weight excluding hydrogens is 334 g/mol. The highest BCUT2D eigenvalue weighted by Gasteiger charge is 2.22. The van der Waals surface area contributed by atoms with Crippen LogP contribution in [0.15, 0.2) is 48.5 Å². The van der Waals surface area contributed by atoms with Crippen molar-refractivity contribution in [2.24, 2.45) is 0 Å². The Labute approximate surface area is 154 Å². The van der Waals surface area contributed by atoms with Crippen molar-refractivity contribution >= 4 is 23.3 Å². The summed E-state index contributed by atoms with van der Waals surface area (Å²) in [5.74, 6) is 0. The molecule has 1 unspecified atom stereocenters. The number of carbonyl (C=O) groups excluding carboxylic acids is 1. The third-order valence-corrected chi connectivity index (χ3v) is 5.13. The standard InChI is InChI=1S/C20H24ClN3O/c1-15-8-9-18(14-19(15)21)23-10-12-24(13-11-23)20(25)22-16(2)17-6-4-3-5-7-17/h3-9,14,16H,10-13H2,1-2H3,(H,22,25). The van der Waals surface area contributed by atoms with Gasteiger partial charge in [0.05, 0.1) is 6.04 Å². The van der Waals surface area contributed by atoms with Crippen molar-refractivity contribution in [1.29, 1.82) is 0 Å². The minimum absolute atomic E-state index is 0.00191. The number of urea groups is 1. The maximum absolute atomic E-state index is 12.5. The van der Waals surface area contributed by atoms with E-state index < -0.39 is 0 Å². The van der Waals surface area contributed by atoms with Crippen molar-refractivity contribution in [3.05, 3.63) is 64.7 Å². The van der Waals surface area contributed by atoms with E-state index in [1.54, 1.807) is 0 Å². The Morgan fingerprint density at radius 3 is 2.40 bits per heavy atom. The molecule has 0 aromatic heterocycles. The number of nitrogens with zero attached hydrogens (tertiary/aromatic N) is 2. The van der Waals surface area contributed by atoms with Gasteiger partial charge in [-0.1, -0.05) is 48.0 Å². The van der Waals surface area contributed by atoms with Gasteiger partial charge in [-0.3, -0.25) is 0 Å². The Morgan fingerprint density at radius 2 is 1.76 bits per heavy atom. The molecule has 0 saturated carbocycles. The van der Waals surface area contributed by atoms with Crippen molar-refractivity contribution in [1.82, 2.24) is 10.2 Å². The molecule has 25 heavy (non-hydrogen) atoms. The zero-order valence-corrected chi connectivity index (χ0v) is 15.5. The molecule has 1 aliphatic rings. The van der Waals surface area contributed by atoms with Gasteiger partial charge in [0.25, 0.3) is 0 Å². The number of amides is 2. The number of hydrogen-bond donors (Lipinski definition) is 1. The minimum atomic E-state index is -0.00191. The average molecular weight is 358 g/mol. The molecule has 0 aliphatic carbocycles. The van der Waals surface area contributed by atoms with Gasteiger partial charge < -0.3 is 15.1 Å². The van der Waals surface area contributed by atoms with Gasteiger partial charge in [-0.15, -0.1) is 0 Å². The van der Waals surface area contributed by atoms with Crippen molar-refractivity contribution in [2.75, 3.05) is 31.1 Å². The van der Waals surface area contributed by atoms with Gasteiger partial charge in [0.2, 0.25) is 0 Å². The number of rotatable bonds is 3. The van der Waals surface area contributed by atoms with E-state index >= 15 is 0 Å². The Balaban J connectivity index is 1.54. The fourth-order valence-electron chi connectivity index (χ4n) is 3.05. The van der Waals surface area contributed by atoms with Crippen LogP contribution in [0.4, 0.5) is 10.5 Å². The molecule has 5 heteroatoms. The number of carbonyl (C=O) groups is 1. The smallest absolute Gasteiger partial charge is 0.317 e. The predicted molar refractivity (Wildman–Crippen MR) is 103 cm³/mol. The van der Waals surface area contributed by atoms with Crippen LogP contribution in [0.2, 0.25) is 5.02 Å². The summed E-state index contributed by atoms with van der Waals surface area (Å²) in [5.41, 5.74) is 3.32. The van der Waals surface area contributed by atoms with Gasteiger partial charge >= 0.3 is 6.03 Å². The second-order valence-corrected chi connectivity index (χ2v) is 6.90. The topological polar surface area (TPSA) is 35.6 Å². The first-order valence-corrected chi connectivity index (χ1v) is 9.04. The summed E-state index contributed by atoms with van der Waals surface area (Å²) in [6.07, 6.45) is 0. The van der Waals surface area contributed by atoms with Gasteiger partial charge in [-0.05, 0) is 37.1 Å². The molecule has 3 rings (SSSR count). The fourth-order valence-corrected chi connectivity index (χ4v) is 3.22. The number of anilines is 1. The molecule has 0 spiro atoms. The molecule has 2 amide bonds. The number of halogens is 1. The van der Waals surface area contributed by atoms with Crippen LogP contribution >= 0.6 is 11.6 Å². The summed E-state index contributed by atoms with van der Waals surface area (Å²) in [4.78, 5) is 16.7. The molecule has 0 radical (unpaired) electrons. The molecule has 4 nitrogen and oxygen atoms in total. The van der Waals surface area contributed by atoms with Crippen LogP contribution in [-0.2, 0) is 0 Å². The normalized spacial score (nSPS) is 15.8. The van der Waals surface area contributed by atoms with E-state index in [-0.39, 0.29) is 12.1 Å². The van der Waals surface area contributed by atoms with E-state index in [1.165, 1.54) is 0 Å². The molecule has 2 aromatic rings. The molecule has 2 aromatic carbocycles. The first-order valence-electron chi connectivity index (χ1n) is 8.66. The Bertz CT molecular complexity index is 727. The van der Waals surface area contributed by atoms with Crippen LogP contribution in [0.1, 0.15) is 24.1 Å². The fraction of sp³-hybridized carbons (Fsp3) is 0.350. The summed E-state index contributed by atoms with van der Waals surface area (Å²) in [7, 11) is 0. The van der Waals surface area contributed by atoms with E-state index in [0.29, 0.717) is 13.1 Å². The molecule has 132 valence electrons. The Hall–Kier alpha value is -2.20. The van der Waals surface area contributed by atoms with E-state index in [4.69, 9.17) is 11.6 Å². The molecule has 1 aliphatic heterocycles. The van der Waals surface area contributed by atoms with E-state index in [1.807, 2.05) is 61.2 Å². The van der Waals surface area contributed by atoms with E-state index in [2.05, 4.69) is 16.3 Å². The van der Waals surface area contributed by atoms with Crippen LogP contribution in [0.5, 0.6) is 0 Å². The summed E-state index contributed by atoms with van der Waals surface area (Å²) in [6, 6.07) is 16.2.